The number of carbonyl (C=O) groups excluding carboxylic acids is 1. The highest BCUT2D eigenvalue weighted by Crippen LogP contribution is 2.46. The molecule has 1 aliphatic heterocycles. The number of amides is 1. The number of hydrogen-bond acceptors (Lipinski definition) is 4. The number of aromatic nitrogens is 1. The number of unbranched alkanes of at least 4 members (excludes halogenated alkanes) is 1. The molecule has 1 aliphatic rings. The summed E-state index contributed by atoms with van der Waals surface area (Å²) in [4.78, 5) is 19.6. The van der Waals surface area contributed by atoms with Crippen LogP contribution in [0.2, 0.25) is 0 Å². The minimum absolute atomic E-state index is 0.00244. The van der Waals surface area contributed by atoms with Gasteiger partial charge in [0.15, 0.2) is 0 Å². The van der Waals surface area contributed by atoms with Crippen molar-refractivity contribution < 1.29 is 9.53 Å². The molecule has 2 heterocycles. The molecule has 0 unspecified atom stereocenters. The first-order valence-electron chi connectivity index (χ1n) is 10.4. The van der Waals surface area contributed by atoms with Gasteiger partial charge in [0, 0.05) is 6.20 Å². The van der Waals surface area contributed by atoms with Crippen molar-refractivity contribution in [1.29, 1.82) is 0 Å². The second kappa shape index (κ2) is 9.81. The van der Waals surface area contributed by atoms with Gasteiger partial charge in [-0.15, -0.1) is 11.8 Å². The molecule has 1 saturated heterocycles. The zero-order valence-corrected chi connectivity index (χ0v) is 17.9. The molecule has 0 N–H and O–H groups in total. The Kier molecular flexibility index (Phi) is 6.70. The smallest absolute Gasteiger partial charge is 0.237 e. The van der Waals surface area contributed by atoms with E-state index in [2.05, 4.69) is 18.0 Å². The molecule has 4 rings (SSSR count). The Hall–Kier alpha value is -2.79. The van der Waals surface area contributed by atoms with Crippen LogP contribution in [0.15, 0.2) is 79.0 Å². The van der Waals surface area contributed by atoms with Gasteiger partial charge >= 0.3 is 0 Å². The number of benzene rings is 2. The van der Waals surface area contributed by atoms with E-state index in [1.807, 2.05) is 71.6 Å². The molecule has 0 saturated carbocycles. The molecule has 2 aromatic carbocycles. The molecule has 154 valence electrons. The molecule has 0 aliphatic carbocycles. The lowest BCUT2D eigenvalue weighted by Gasteiger charge is -2.24. The highest BCUT2D eigenvalue weighted by Gasteiger charge is 2.40. The van der Waals surface area contributed by atoms with E-state index in [0.29, 0.717) is 6.54 Å². The number of pyridine rings is 1. The first kappa shape index (κ1) is 20.5. The van der Waals surface area contributed by atoms with Gasteiger partial charge in [0.25, 0.3) is 0 Å². The van der Waals surface area contributed by atoms with Crippen LogP contribution in [0, 0.1) is 0 Å². The quantitative estimate of drug-likeness (QED) is 0.436. The summed E-state index contributed by atoms with van der Waals surface area (Å²) in [5.41, 5.74) is 1.99. The van der Waals surface area contributed by atoms with Crippen LogP contribution >= 0.6 is 11.8 Å². The third kappa shape index (κ3) is 4.85. The number of para-hydroxylation sites is 1. The van der Waals surface area contributed by atoms with E-state index in [9.17, 15) is 4.79 Å². The lowest BCUT2D eigenvalue weighted by atomic mass is 10.1. The third-order valence-electron chi connectivity index (χ3n) is 5.14. The van der Waals surface area contributed by atoms with Gasteiger partial charge in [0.05, 0.1) is 17.5 Å². The van der Waals surface area contributed by atoms with Crippen molar-refractivity contribution in [3.8, 4) is 11.5 Å². The number of rotatable bonds is 8. The van der Waals surface area contributed by atoms with Gasteiger partial charge in [-0.05, 0) is 48.4 Å². The van der Waals surface area contributed by atoms with E-state index in [-0.39, 0.29) is 16.5 Å². The maximum atomic E-state index is 13.2. The first-order chi connectivity index (χ1) is 14.7. The Morgan fingerprint density at radius 2 is 1.80 bits per heavy atom. The number of hydrogen-bond donors (Lipinski definition) is 0. The molecular weight excluding hydrogens is 392 g/mol. The summed E-state index contributed by atoms with van der Waals surface area (Å²) in [6.45, 7) is 2.68. The molecule has 0 bridgehead atoms. The van der Waals surface area contributed by atoms with Gasteiger partial charge < -0.3 is 9.64 Å². The SMILES string of the molecule is CCCC[C@H]1S[C@H](c2cccc(Oc3ccccc3)c2)N(Cc2ccccn2)C1=O. The Morgan fingerprint density at radius 1 is 1.00 bits per heavy atom. The summed E-state index contributed by atoms with van der Waals surface area (Å²) in [5.74, 6) is 1.79. The van der Waals surface area contributed by atoms with Crippen LogP contribution in [-0.4, -0.2) is 21.0 Å². The molecule has 30 heavy (non-hydrogen) atoms. The molecule has 1 fully saturated rings. The maximum absolute atomic E-state index is 13.2. The Labute approximate surface area is 182 Å². The minimum atomic E-state index is -0.0410. The summed E-state index contributed by atoms with van der Waals surface area (Å²) in [6, 6.07) is 23.7. The molecular formula is C25H26N2O2S. The topological polar surface area (TPSA) is 42.4 Å². The van der Waals surface area contributed by atoms with E-state index in [1.165, 1.54) is 0 Å². The van der Waals surface area contributed by atoms with Crippen LogP contribution in [0.25, 0.3) is 0 Å². The second-order valence-electron chi connectivity index (χ2n) is 7.39. The van der Waals surface area contributed by atoms with Crippen molar-refractivity contribution in [3.05, 3.63) is 90.3 Å². The van der Waals surface area contributed by atoms with Gasteiger partial charge in [-0.3, -0.25) is 9.78 Å². The predicted molar refractivity (Wildman–Crippen MR) is 121 cm³/mol. The molecule has 1 amide bonds. The number of carbonyl (C=O) groups is 1. The summed E-state index contributed by atoms with van der Waals surface area (Å²) in [5, 5.41) is -0.0435. The van der Waals surface area contributed by atoms with E-state index in [4.69, 9.17) is 4.74 Å². The van der Waals surface area contributed by atoms with E-state index < -0.39 is 0 Å². The average Bonchev–Trinajstić information content (AvgIpc) is 3.09. The van der Waals surface area contributed by atoms with Crippen molar-refractivity contribution in [1.82, 2.24) is 9.88 Å². The Morgan fingerprint density at radius 3 is 2.57 bits per heavy atom. The fourth-order valence-electron chi connectivity index (χ4n) is 3.61. The third-order valence-corrected chi connectivity index (χ3v) is 6.69. The number of nitrogens with zero attached hydrogens (tertiary/aromatic N) is 2. The highest BCUT2D eigenvalue weighted by molar-refractivity contribution is 8.01. The fourth-order valence-corrected chi connectivity index (χ4v) is 5.11. The van der Waals surface area contributed by atoms with Crippen LogP contribution in [-0.2, 0) is 11.3 Å². The largest absolute Gasteiger partial charge is 0.457 e. The van der Waals surface area contributed by atoms with Crippen molar-refractivity contribution in [2.75, 3.05) is 0 Å². The Balaban J connectivity index is 1.59. The standard InChI is InChI=1S/C25H26N2O2S/c1-2-3-15-23-24(28)27(18-20-11-7-8-16-26-20)25(30-23)19-10-9-14-22(17-19)29-21-12-5-4-6-13-21/h4-14,16-17,23,25H,2-3,15,18H2,1H3/t23-,25-/m1/s1. The second-order valence-corrected chi connectivity index (χ2v) is 8.68. The molecule has 1 aromatic heterocycles. The number of thioether (sulfide) groups is 1. The summed E-state index contributed by atoms with van der Waals surface area (Å²) in [7, 11) is 0. The monoisotopic (exact) mass is 418 g/mol. The van der Waals surface area contributed by atoms with Crippen molar-refractivity contribution in [2.24, 2.45) is 0 Å². The van der Waals surface area contributed by atoms with Crippen LogP contribution in [0.5, 0.6) is 11.5 Å². The molecule has 5 heteroatoms. The van der Waals surface area contributed by atoms with Crippen LogP contribution in [0.4, 0.5) is 0 Å². The summed E-state index contributed by atoms with van der Waals surface area (Å²) < 4.78 is 6.03. The van der Waals surface area contributed by atoms with Gasteiger partial charge in [0.1, 0.15) is 16.9 Å². The zero-order valence-electron chi connectivity index (χ0n) is 17.1. The van der Waals surface area contributed by atoms with E-state index in [0.717, 1.165) is 42.0 Å². The highest BCUT2D eigenvalue weighted by atomic mass is 32.2. The molecule has 3 aromatic rings. The van der Waals surface area contributed by atoms with Crippen LogP contribution < -0.4 is 4.74 Å². The first-order valence-corrected chi connectivity index (χ1v) is 11.4. The van der Waals surface area contributed by atoms with Gasteiger partial charge in [0.2, 0.25) is 5.91 Å². The summed E-state index contributed by atoms with van der Waals surface area (Å²) in [6.07, 6.45) is 4.84. The average molecular weight is 419 g/mol. The van der Waals surface area contributed by atoms with Crippen molar-refractivity contribution in [3.63, 3.8) is 0 Å². The van der Waals surface area contributed by atoms with Gasteiger partial charge in [-0.1, -0.05) is 56.2 Å². The van der Waals surface area contributed by atoms with E-state index >= 15 is 0 Å². The number of ether oxygens (including phenoxy) is 1. The Bertz CT molecular complexity index is 965. The molecule has 4 nitrogen and oxygen atoms in total. The van der Waals surface area contributed by atoms with Crippen LogP contribution in [0.3, 0.4) is 0 Å². The lowest BCUT2D eigenvalue weighted by Crippen LogP contribution is -2.31. The van der Waals surface area contributed by atoms with Crippen LogP contribution in [0.1, 0.15) is 42.8 Å². The molecule has 2 atom stereocenters. The van der Waals surface area contributed by atoms with E-state index in [1.54, 1.807) is 18.0 Å². The van der Waals surface area contributed by atoms with Gasteiger partial charge in [-0.2, -0.15) is 0 Å². The maximum Gasteiger partial charge on any atom is 0.237 e. The minimum Gasteiger partial charge on any atom is -0.457 e. The fraction of sp³-hybridized carbons (Fsp3) is 0.280. The predicted octanol–water partition coefficient (Wildman–Crippen LogP) is 6.21. The normalized spacial score (nSPS) is 18.6. The summed E-state index contributed by atoms with van der Waals surface area (Å²) >= 11 is 1.75. The molecule has 0 radical (unpaired) electrons. The zero-order chi connectivity index (χ0) is 20.8. The van der Waals surface area contributed by atoms with Crippen molar-refractivity contribution >= 4 is 17.7 Å². The van der Waals surface area contributed by atoms with Crippen molar-refractivity contribution in [2.45, 2.75) is 43.4 Å². The van der Waals surface area contributed by atoms with Gasteiger partial charge in [-0.25, -0.2) is 0 Å². The molecule has 0 spiro atoms. The lowest BCUT2D eigenvalue weighted by molar-refractivity contribution is -0.130.